The van der Waals surface area contributed by atoms with Crippen molar-refractivity contribution in [3.63, 3.8) is 0 Å². The molecule has 2 aliphatic rings. The summed E-state index contributed by atoms with van der Waals surface area (Å²) in [5.74, 6) is -0.886. The molecule has 0 atom stereocenters. The van der Waals surface area contributed by atoms with Gasteiger partial charge in [0.05, 0.1) is 12.0 Å². The van der Waals surface area contributed by atoms with Crippen molar-refractivity contribution in [1.82, 2.24) is 14.5 Å². The van der Waals surface area contributed by atoms with E-state index in [2.05, 4.69) is 10.3 Å². The molecular weight excluding hydrogens is 516 g/mol. The topological polar surface area (TPSA) is 114 Å². The van der Waals surface area contributed by atoms with Crippen LogP contribution < -0.4 is 10.9 Å². The first kappa shape index (κ1) is 25.4. The van der Waals surface area contributed by atoms with Crippen LogP contribution in [-0.2, 0) is 6.54 Å². The summed E-state index contributed by atoms with van der Waals surface area (Å²) in [6.07, 6.45) is 4.58. The summed E-state index contributed by atoms with van der Waals surface area (Å²) in [7, 11) is 0. The number of aliphatic hydroxyl groups excluding tert-OH is 1. The lowest BCUT2D eigenvalue weighted by Crippen LogP contribution is -2.29. The molecule has 0 bridgehead atoms. The Morgan fingerprint density at radius 3 is 2.21 bits per heavy atom. The molecule has 2 aliphatic carbocycles. The van der Waals surface area contributed by atoms with E-state index in [1.807, 2.05) is 6.07 Å². The lowest BCUT2D eigenvalue weighted by molar-refractivity contribution is 0.0827. The molecule has 0 radical (unpaired) electrons. The van der Waals surface area contributed by atoms with E-state index in [-0.39, 0.29) is 42.2 Å². The minimum atomic E-state index is -0.846. The fraction of sp³-hybridized carbons (Fsp3) is 0.300. The molecule has 0 aliphatic heterocycles. The Bertz CT molecular complexity index is 1620. The highest BCUT2D eigenvalue weighted by Gasteiger charge is 2.38. The molecule has 0 unspecified atom stereocenters. The summed E-state index contributed by atoms with van der Waals surface area (Å²) in [4.78, 5) is 49.1. The van der Waals surface area contributed by atoms with Gasteiger partial charge in [-0.05, 0) is 44.2 Å². The Balaban J connectivity index is 1.39. The van der Waals surface area contributed by atoms with Gasteiger partial charge in [0, 0.05) is 51.4 Å². The van der Waals surface area contributed by atoms with Crippen molar-refractivity contribution in [2.24, 2.45) is 5.92 Å². The third-order valence-electron chi connectivity index (χ3n) is 7.75. The number of rotatable bonds is 6. The molecule has 6 rings (SSSR count). The molecule has 39 heavy (non-hydrogen) atoms. The summed E-state index contributed by atoms with van der Waals surface area (Å²) in [5, 5.41) is 14.3. The molecule has 9 heteroatoms. The van der Waals surface area contributed by atoms with Crippen molar-refractivity contribution >= 4 is 40.1 Å². The molecule has 0 saturated heterocycles. The number of benzene rings is 2. The number of hydrogen-bond donors (Lipinski definition) is 2. The van der Waals surface area contributed by atoms with Gasteiger partial charge in [-0.25, -0.2) is 4.98 Å². The molecule has 2 N–H and O–H groups in total. The number of anilines is 1. The van der Waals surface area contributed by atoms with Gasteiger partial charge in [-0.1, -0.05) is 54.1 Å². The van der Waals surface area contributed by atoms with Gasteiger partial charge in [0.1, 0.15) is 5.65 Å². The predicted molar refractivity (Wildman–Crippen MR) is 149 cm³/mol. The molecule has 1 fully saturated rings. The zero-order chi connectivity index (χ0) is 27.1. The zero-order valence-electron chi connectivity index (χ0n) is 21.1. The van der Waals surface area contributed by atoms with Gasteiger partial charge in [0.15, 0.2) is 11.6 Å². The number of nitrogens with zero attached hydrogens (tertiary/aromatic N) is 3. The number of aliphatic hydroxyl groups is 1. The van der Waals surface area contributed by atoms with Crippen LogP contribution in [0.2, 0.25) is 5.02 Å². The summed E-state index contributed by atoms with van der Waals surface area (Å²) < 4.78 is 1.52. The molecule has 198 valence electrons. The zero-order valence-corrected chi connectivity index (χ0v) is 21.9. The highest BCUT2D eigenvalue weighted by Crippen LogP contribution is 2.31. The number of aromatic nitrogens is 3. The fourth-order valence-corrected chi connectivity index (χ4v) is 5.88. The van der Waals surface area contributed by atoms with Crippen molar-refractivity contribution in [2.45, 2.75) is 50.8 Å². The van der Waals surface area contributed by atoms with E-state index in [1.54, 1.807) is 54.7 Å². The number of fused-ring (bicyclic) bond motifs is 2. The average Bonchev–Trinajstić information content (AvgIpc) is 3.19. The van der Waals surface area contributed by atoms with Crippen LogP contribution in [0.4, 0.5) is 5.95 Å². The Labute approximate surface area is 229 Å². The Morgan fingerprint density at radius 1 is 0.897 bits per heavy atom. The quantitative estimate of drug-likeness (QED) is 0.333. The fourth-order valence-electron chi connectivity index (χ4n) is 5.64. The number of Topliss-reactive ketones (excluding diaryl/α,β-unsaturated/α-hetero) is 2. The number of nitrogens with one attached hydrogen (secondary N) is 1. The predicted octanol–water partition coefficient (Wildman–Crippen LogP) is 4.91. The maximum atomic E-state index is 13.9. The SMILES string of the molecule is O=C1c2ccccc2C(=O)C1CCn1c(=O)c(-c2ccccc2Cl)cc2cnc(NC3CCC(O)CC3)nc21. The third kappa shape index (κ3) is 4.75. The smallest absolute Gasteiger partial charge is 0.260 e. The highest BCUT2D eigenvalue weighted by atomic mass is 35.5. The Kier molecular flexibility index (Phi) is 6.74. The second-order valence-corrected chi connectivity index (χ2v) is 10.6. The van der Waals surface area contributed by atoms with Crippen LogP contribution >= 0.6 is 11.6 Å². The van der Waals surface area contributed by atoms with Crippen molar-refractivity contribution < 1.29 is 14.7 Å². The van der Waals surface area contributed by atoms with Crippen LogP contribution in [0.25, 0.3) is 22.2 Å². The van der Waals surface area contributed by atoms with Crippen LogP contribution in [0.5, 0.6) is 0 Å². The number of carbonyl (C=O) groups excluding carboxylic acids is 2. The van der Waals surface area contributed by atoms with E-state index in [0.717, 1.165) is 12.8 Å². The molecule has 2 heterocycles. The summed E-state index contributed by atoms with van der Waals surface area (Å²) in [5.41, 5.74) is 1.95. The molecule has 8 nitrogen and oxygen atoms in total. The van der Waals surface area contributed by atoms with Gasteiger partial charge >= 0.3 is 0 Å². The van der Waals surface area contributed by atoms with E-state index in [9.17, 15) is 19.5 Å². The van der Waals surface area contributed by atoms with E-state index in [0.29, 0.717) is 57.1 Å². The first-order valence-corrected chi connectivity index (χ1v) is 13.6. The molecule has 0 amide bonds. The van der Waals surface area contributed by atoms with E-state index in [1.165, 1.54) is 4.57 Å². The minimum absolute atomic E-state index is 0.121. The number of carbonyl (C=O) groups is 2. The van der Waals surface area contributed by atoms with Crippen LogP contribution in [0.1, 0.15) is 52.8 Å². The monoisotopic (exact) mass is 542 g/mol. The normalized spacial score (nSPS) is 19.4. The van der Waals surface area contributed by atoms with Crippen molar-refractivity contribution in [3.05, 3.63) is 87.3 Å². The summed E-state index contributed by atoms with van der Waals surface area (Å²) in [6.45, 7) is 0.121. The number of ketones is 2. The minimum Gasteiger partial charge on any atom is -0.393 e. The average molecular weight is 543 g/mol. The maximum Gasteiger partial charge on any atom is 0.260 e. The first-order valence-electron chi connectivity index (χ1n) is 13.2. The second-order valence-electron chi connectivity index (χ2n) is 10.2. The van der Waals surface area contributed by atoms with Gasteiger partial charge in [0.2, 0.25) is 5.95 Å². The molecule has 1 saturated carbocycles. The lowest BCUT2D eigenvalue weighted by atomic mass is 9.93. The second kappa shape index (κ2) is 10.4. The Morgan fingerprint density at radius 2 is 1.54 bits per heavy atom. The van der Waals surface area contributed by atoms with Crippen molar-refractivity contribution in [1.29, 1.82) is 0 Å². The van der Waals surface area contributed by atoms with Gasteiger partial charge in [-0.2, -0.15) is 4.98 Å². The standard InChI is InChI=1S/C30H27ClN4O4/c31-25-8-4-3-5-20(25)24-15-17-16-32-30(33-18-9-11-19(36)12-10-18)34-28(17)35(29(24)39)14-13-23-26(37)21-6-1-2-7-22(21)27(23)38/h1-8,15-16,18-19,23,36H,9-14H2,(H,32,33,34). The molecule has 2 aromatic heterocycles. The van der Waals surface area contributed by atoms with Crippen LogP contribution in [0.3, 0.4) is 0 Å². The van der Waals surface area contributed by atoms with Gasteiger partial charge < -0.3 is 10.4 Å². The number of aryl methyl sites for hydroxylation is 1. The molecule has 2 aromatic carbocycles. The molecular formula is C30H27ClN4O4. The van der Waals surface area contributed by atoms with Crippen molar-refractivity contribution in [2.75, 3.05) is 5.32 Å². The van der Waals surface area contributed by atoms with Gasteiger partial charge in [-0.15, -0.1) is 0 Å². The van der Waals surface area contributed by atoms with Crippen molar-refractivity contribution in [3.8, 4) is 11.1 Å². The summed E-state index contributed by atoms with van der Waals surface area (Å²) >= 11 is 6.45. The molecule has 4 aromatic rings. The Hall–Kier alpha value is -3.88. The molecule has 0 spiro atoms. The van der Waals surface area contributed by atoms with E-state index in [4.69, 9.17) is 16.6 Å². The number of pyridine rings is 1. The van der Waals surface area contributed by atoms with Crippen LogP contribution in [-0.4, -0.2) is 43.4 Å². The maximum absolute atomic E-state index is 13.9. The highest BCUT2D eigenvalue weighted by molar-refractivity contribution is 6.33. The van der Waals surface area contributed by atoms with Crippen LogP contribution in [0, 0.1) is 5.92 Å². The van der Waals surface area contributed by atoms with E-state index < -0.39 is 5.92 Å². The lowest BCUT2D eigenvalue weighted by Gasteiger charge is -2.26. The summed E-state index contributed by atoms with van der Waals surface area (Å²) in [6, 6.07) is 15.8. The number of hydrogen-bond acceptors (Lipinski definition) is 7. The van der Waals surface area contributed by atoms with E-state index >= 15 is 0 Å². The van der Waals surface area contributed by atoms with Gasteiger partial charge in [-0.3, -0.25) is 19.0 Å². The van der Waals surface area contributed by atoms with Crippen LogP contribution in [0.15, 0.2) is 65.6 Å². The first-order chi connectivity index (χ1) is 18.9. The number of halogens is 1. The van der Waals surface area contributed by atoms with Gasteiger partial charge in [0.25, 0.3) is 5.56 Å². The largest absolute Gasteiger partial charge is 0.393 e. The third-order valence-corrected chi connectivity index (χ3v) is 8.08.